The van der Waals surface area contributed by atoms with Crippen molar-refractivity contribution in [2.75, 3.05) is 13.2 Å². The van der Waals surface area contributed by atoms with Gasteiger partial charge < -0.3 is 19.4 Å². The van der Waals surface area contributed by atoms with Gasteiger partial charge in [-0.15, -0.1) is 0 Å². The molecule has 0 radical (unpaired) electrons. The highest BCUT2D eigenvalue weighted by Gasteiger charge is 2.41. The number of nitrogens with one attached hydrogen (secondary N) is 1. The maximum absolute atomic E-state index is 12.6. The third kappa shape index (κ3) is 4.67. The van der Waals surface area contributed by atoms with Crippen LogP contribution >= 0.6 is 0 Å². The average molecular weight is 473 g/mol. The zero-order valence-electron chi connectivity index (χ0n) is 20.8. The lowest BCUT2D eigenvalue weighted by molar-refractivity contribution is -0.121. The number of fused-ring (bicyclic) bond motifs is 3. The zero-order chi connectivity index (χ0) is 24.6. The minimum absolute atomic E-state index is 0.0643. The van der Waals surface area contributed by atoms with E-state index in [4.69, 9.17) is 14.5 Å². The lowest BCUT2D eigenvalue weighted by Gasteiger charge is -2.34. The van der Waals surface area contributed by atoms with Gasteiger partial charge in [0.15, 0.2) is 11.5 Å². The summed E-state index contributed by atoms with van der Waals surface area (Å²) in [7, 11) is 0. The summed E-state index contributed by atoms with van der Waals surface area (Å²) in [6.07, 6.45) is 6.57. The van der Waals surface area contributed by atoms with E-state index in [1.165, 1.54) is 5.56 Å². The third-order valence-corrected chi connectivity index (χ3v) is 6.50. The molecule has 2 aliphatic rings. The topological polar surface area (TPSA) is 77.7 Å². The van der Waals surface area contributed by atoms with Crippen molar-refractivity contribution in [2.24, 2.45) is 4.99 Å². The Morgan fingerprint density at radius 1 is 1.20 bits per heavy atom. The van der Waals surface area contributed by atoms with Crippen LogP contribution in [0.5, 0.6) is 11.5 Å². The van der Waals surface area contributed by atoms with E-state index >= 15 is 0 Å². The monoisotopic (exact) mass is 472 g/mol. The number of hydrogen-bond donors (Lipinski definition) is 1. The van der Waals surface area contributed by atoms with Gasteiger partial charge >= 0.3 is 0 Å². The minimum atomic E-state index is -0.504. The highest BCUT2D eigenvalue weighted by molar-refractivity contribution is 6.16. The smallest absolute Gasteiger partial charge is 0.240 e. The number of amides is 1. The third-order valence-electron chi connectivity index (χ3n) is 6.50. The highest BCUT2D eigenvalue weighted by Crippen LogP contribution is 2.48. The number of nitrogens with zero attached hydrogens (tertiary/aromatic N) is 3. The maximum atomic E-state index is 12.6. The molecule has 5 rings (SSSR count). The molecule has 1 unspecified atom stereocenters. The van der Waals surface area contributed by atoms with Gasteiger partial charge in [-0.1, -0.05) is 30.3 Å². The molecule has 0 saturated heterocycles. The van der Waals surface area contributed by atoms with Crippen molar-refractivity contribution in [3.63, 3.8) is 0 Å². The fourth-order valence-electron chi connectivity index (χ4n) is 5.04. The number of hydrogen-bond acceptors (Lipinski definition) is 5. The van der Waals surface area contributed by atoms with Gasteiger partial charge in [-0.2, -0.15) is 0 Å². The van der Waals surface area contributed by atoms with Crippen LogP contribution in [0.25, 0.3) is 0 Å². The molecular weight excluding hydrogens is 440 g/mol. The van der Waals surface area contributed by atoms with Crippen molar-refractivity contribution in [1.29, 1.82) is 0 Å². The van der Waals surface area contributed by atoms with Crippen LogP contribution in [-0.4, -0.2) is 45.5 Å². The van der Waals surface area contributed by atoms with E-state index in [1.807, 2.05) is 25.1 Å². The molecule has 35 heavy (non-hydrogen) atoms. The van der Waals surface area contributed by atoms with E-state index in [0.29, 0.717) is 19.6 Å². The number of carbonyl (C=O) groups excluding carboxylic acids is 1. The molecule has 1 aromatic heterocycles. The zero-order valence-corrected chi connectivity index (χ0v) is 20.8. The fraction of sp³-hybridized carbons (Fsp3) is 0.393. The quantitative estimate of drug-likeness (QED) is 0.565. The summed E-state index contributed by atoms with van der Waals surface area (Å²) in [5.41, 5.74) is 4.66. The molecule has 7 nitrogen and oxygen atoms in total. The normalized spacial score (nSPS) is 19.8. The summed E-state index contributed by atoms with van der Waals surface area (Å²) < 4.78 is 14.2. The van der Waals surface area contributed by atoms with E-state index in [-0.39, 0.29) is 18.1 Å². The molecule has 1 atom stereocenters. The molecule has 7 heteroatoms. The van der Waals surface area contributed by atoms with Crippen LogP contribution < -0.4 is 14.8 Å². The van der Waals surface area contributed by atoms with Gasteiger partial charge in [0, 0.05) is 42.0 Å². The second kappa shape index (κ2) is 8.87. The molecule has 0 aliphatic carbocycles. The van der Waals surface area contributed by atoms with Crippen LogP contribution in [-0.2, 0) is 24.2 Å². The minimum Gasteiger partial charge on any atom is -0.490 e. The Kier molecular flexibility index (Phi) is 5.87. The first-order valence-electron chi connectivity index (χ1n) is 12.2. The second-order valence-corrected chi connectivity index (χ2v) is 10.2. The van der Waals surface area contributed by atoms with Crippen molar-refractivity contribution >= 4 is 11.6 Å². The van der Waals surface area contributed by atoms with Gasteiger partial charge in [-0.05, 0) is 45.7 Å². The number of rotatable bonds is 7. The summed E-state index contributed by atoms with van der Waals surface area (Å²) in [4.78, 5) is 21.9. The summed E-state index contributed by atoms with van der Waals surface area (Å²) >= 11 is 0. The first kappa shape index (κ1) is 23.1. The van der Waals surface area contributed by atoms with Crippen molar-refractivity contribution in [3.8, 4) is 11.5 Å². The number of benzene rings is 2. The van der Waals surface area contributed by atoms with E-state index in [9.17, 15) is 4.79 Å². The second-order valence-electron chi connectivity index (χ2n) is 10.2. The maximum Gasteiger partial charge on any atom is 0.240 e. The van der Waals surface area contributed by atoms with Crippen LogP contribution in [0, 0.1) is 0 Å². The molecule has 0 bridgehead atoms. The number of imidazole rings is 1. The highest BCUT2D eigenvalue weighted by atomic mass is 16.5. The Morgan fingerprint density at radius 3 is 2.71 bits per heavy atom. The number of ether oxygens (including phenoxy) is 2. The van der Waals surface area contributed by atoms with Crippen LogP contribution in [0.15, 0.2) is 60.1 Å². The molecule has 2 aliphatic heterocycles. The van der Waals surface area contributed by atoms with E-state index in [0.717, 1.165) is 40.3 Å². The molecule has 2 aromatic carbocycles. The SMILES string of the molecule is CCOc1cc2c(c3c1OC(C)(C)C3)C(c1ccccc1)=NC(C)(CNC(=O)Cn1ccnc1)C2. The number of aliphatic imine (C=N–C) groups is 1. The summed E-state index contributed by atoms with van der Waals surface area (Å²) in [5.74, 6) is 1.55. The molecule has 1 amide bonds. The summed E-state index contributed by atoms with van der Waals surface area (Å²) in [6.45, 7) is 9.54. The molecule has 3 heterocycles. The van der Waals surface area contributed by atoms with Crippen LogP contribution in [0.2, 0.25) is 0 Å². The Bertz CT molecular complexity index is 1270. The Morgan fingerprint density at radius 2 is 2.00 bits per heavy atom. The number of aromatic nitrogens is 2. The molecule has 0 spiro atoms. The first-order valence-corrected chi connectivity index (χ1v) is 12.2. The van der Waals surface area contributed by atoms with E-state index < -0.39 is 5.54 Å². The Labute approximate surface area is 206 Å². The average Bonchev–Trinajstić information content (AvgIpc) is 3.44. The van der Waals surface area contributed by atoms with Crippen molar-refractivity contribution < 1.29 is 14.3 Å². The molecule has 0 saturated carbocycles. The predicted molar refractivity (Wildman–Crippen MR) is 135 cm³/mol. The number of carbonyl (C=O) groups is 1. The molecule has 1 N–H and O–H groups in total. The van der Waals surface area contributed by atoms with Crippen LogP contribution in [0.4, 0.5) is 0 Å². The van der Waals surface area contributed by atoms with E-state index in [2.05, 4.69) is 49.3 Å². The standard InChI is InChI=1S/C28H32N4O3/c1-5-34-22-13-20-14-28(4,17-30-23(33)16-32-12-11-29-18-32)31-25(19-9-7-6-8-10-19)24(20)21-15-27(2,3)35-26(21)22/h6-13,18H,5,14-17H2,1-4H3,(H,30,33). The molecule has 3 aromatic rings. The predicted octanol–water partition coefficient (Wildman–Crippen LogP) is 3.96. The van der Waals surface area contributed by atoms with Gasteiger partial charge in [0.1, 0.15) is 12.1 Å². The van der Waals surface area contributed by atoms with Crippen LogP contribution in [0.1, 0.15) is 49.9 Å². The largest absolute Gasteiger partial charge is 0.490 e. The summed E-state index contributed by atoms with van der Waals surface area (Å²) in [5, 5.41) is 3.09. The van der Waals surface area contributed by atoms with E-state index in [1.54, 1.807) is 23.3 Å². The Balaban J connectivity index is 1.54. The van der Waals surface area contributed by atoms with Crippen LogP contribution in [0.3, 0.4) is 0 Å². The summed E-state index contributed by atoms with van der Waals surface area (Å²) in [6, 6.07) is 12.4. The molecular formula is C28H32N4O3. The van der Waals surface area contributed by atoms with Crippen molar-refractivity contribution in [3.05, 3.63) is 77.4 Å². The lowest BCUT2D eigenvalue weighted by Crippen LogP contribution is -2.44. The van der Waals surface area contributed by atoms with Gasteiger partial charge in [0.25, 0.3) is 0 Å². The first-order chi connectivity index (χ1) is 16.8. The lowest BCUT2D eigenvalue weighted by atomic mass is 9.80. The molecule has 182 valence electrons. The van der Waals surface area contributed by atoms with Gasteiger partial charge in [-0.25, -0.2) is 4.98 Å². The Hall–Kier alpha value is -3.61. The molecule has 0 fully saturated rings. The van der Waals surface area contributed by atoms with Crippen molar-refractivity contribution in [1.82, 2.24) is 14.9 Å². The fourth-order valence-corrected chi connectivity index (χ4v) is 5.04. The van der Waals surface area contributed by atoms with Crippen molar-refractivity contribution in [2.45, 2.75) is 58.2 Å². The van der Waals surface area contributed by atoms with Gasteiger partial charge in [0.2, 0.25) is 5.91 Å². The van der Waals surface area contributed by atoms with Gasteiger partial charge in [0.05, 0.1) is 24.2 Å². The van der Waals surface area contributed by atoms with Gasteiger partial charge in [-0.3, -0.25) is 9.79 Å².